The van der Waals surface area contributed by atoms with Crippen molar-refractivity contribution in [3.05, 3.63) is 65.0 Å². The monoisotopic (exact) mass is 593 g/mol. The summed E-state index contributed by atoms with van der Waals surface area (Å²) in [7, 11) is 6.73. The molecule has 1 aromatic rings. The van der Waals surface area contributed by atoms with Crippen LogP contribution in [0.1, 0.15) is 88.3 Å². The van der Waals surface area contributed by atoms with Crippen molar-refractivity contribution < 1.29 is 18.7 Å². The summed E-state index contributed by atoms with van der Waals surface area (Å²) in [6.07, 6.45) is 15.9. The number of nitrogens with zero attached hydrogens (tertiary/aromatic N) is 2. The Morgan fingerprint density at radius 1 is 1.00 bits per heavy atom. The van der Waals surface area contributed by atoms with Gasteiger partial charge in [-0.1, -0.05) is 0 Å². The number of fused-ring (bicyclic) bond motifs is 1. The summed E-state index contributed by atoms with van der Waals surface area (Å²) in [5, 5.41) is 0. The van der Waals surface area contributed by atoms with Gasteiger partial charge in [0, 0.05) is 0 Å². The Bertz CT molecular complexity index is 807. The Labute approximate surface area is 189 Å². The molecule has 2 aliphatic heterocycles. The number of hydrogen-bond donors (Lipinski definition) is 0. The molecule has 0 spiro atoms. The molecule has 0 amide bonds. The first-order valence-electron chi connectivity index (χ1n) is 11.0. The van der Waals surface area contributed by atoms with Crippen LogP contribution in [0.5, 0.6) is 0 Å². The molecular weight excluding hydrogens is 561 g/mol. The molecule has 0 saturated heterocycles. The van der Waals surface area contributed by atoms with Gasteiger partial charge in [-0.15, -0.1) is 0 Å². The number of allylic oxidation sites excluding steroid dienone is 3. The van der Waals surface area contributed by atoms with Crippen molar-refractivity contribution in [3.63, 3.8) is 0 Å². The van der Waals surface area contributed by atoms with Crippen LogP contribution >= 0.6 is 9.19 Å². The Morgan fingerprint density at radius 3 is 2.24 bits per heavy atom. The van der Waals surface area contributed by atoms with Crippen molar-refractivity contribution in [3.8, 4) is 0 Å². The van der Waals surface area contributed by atoms with E-state index in [1.807, 2.05) is 0 Å². The van der Waals surface area contributed by atoms with Gasteiger partial charge in [0.15, 0.2) is 0 Å². The van der Waals surface area contributed by atoms with Crippen LogP contribution < -0.4 is 0 Å². The Balaban J connectivity index is 1.78. The fourth-order valence-electron chi connectivity index (χ4n) is 4.96. The third-order valence-electron chi connectivity index (χ3n) is 6.44. The van der Waals surface area contributed by atoms with Gasteiger partial charge in [-0.25, -0.2) is 0 Å². The number of rotatable bonds is 5. The molecule has 1 aliphatic carbocycles. The molecule has 4 rings (SSSR count). The van der Waals surface area contributed by atoms with Crippen LogP contribution in [0, 0.1) is 0 Å². The fraction of sp³-hybridized carbons (Fsp3) is 0.520. The topological polar surface area (TPSA) is 6.48 Å². The van der Waals surface area contributed by atoms with Crippen LogP contribution in [0.15, 0.2) is 48.3 Å². The SMILES string of the molecule is CC(C)c1cccc(C(C)C)c1C1=CC=CC2=CN(C3CCCCC3)[CH]([Au-][Cl])N21. The molecule has 29 heavy (non-hydrogen) atoms. The van der Waals surface area contributed by atoms with E-state index in [1.54, 1.807) is 0 Å². The van der Waals surface area contributed by atoms with E-state index in [0.717, 1.165) is 0 Å². The summed E-state index contributed by atoms with van der Waals surface area (Å²) < 4.78 is 0.297. The van der Waals surface area contributed by atoms with Crippen molar-refractivity contribution in [1.29, 1.82) is 0 Å². The molecule has 162 valence electrons. The molecule has 1 unspecified atom stereocenters. The minimum absolute atomic E-state index is 0.297. The van der Waals surface area contributed by atoms with Crippen LogP contribution in [0.3, 0.4) is 0 Å². The van der Waals surface area contributed by atoms with Crippen molar-refractivity contribution in [2.75, 3.05) is 0 Å². The molecule has 0 radical (unpaired) electrons. The van der Waals surface area contributed by atoms with E-state index in [0.29, 0.717) is 22.3 Å². The van der Waals surface area contributed by atoms with Gasteiger partial charge in [0.2, 0.25) is 0 Å². The third kappa shape index (κ3) is 4.02. The predicted molar refractivity (Wildman–Crippen MR) is 120 cm³/mol. The number of halogens is 1. The van der Waals surface area contributed by atoms with Crippen LogP contribution in [0.2, 0.25) is 0 Å². The van der Waals surface area contributed by atoms with Crippen molar-refractivity contribution >= 4 is 14.9 Å². The molecule has 3 aliphatic rings. The van der Waals surface area contributed by atoms with Crippen molar-refractivity contribution in [2.24, 2.45) is 0 Å². The third-order valence-corrected chi connectivity index (χ3v) is 9.03. The summed E-state index contributed by atoms with van der Waals surface area (Å²) in [6, 6.07) is 7.50. The fourth-order valence-corrected chi connectivity index (χ4v) is 7.69. The van der Waals surface area contributed by atoms with E-state index in [9.17, 15) is 0 Å². The van der Waals surface area contributed by atoms with E-state index in [-0.39, 0.29) is 18.7 Å². The summed E-state index contributed by atoms with van der Waals surface area (Å²) in [6.45, 7) is 9.23. The summed E-state index contributed by atoms with van der Waals surface area (Å²) in [5.41, 5.74) is 6.96. The zero-order valence-electron chi connectivity index (χ0n) is 18.0. The minimum atomic E-state index is -0.355. The first-order valence-corrected chi connectivity index (χ1v) is 14.9. The summed E-state index contributed by atoms with van der Waals surface area (Å²) in [5.74, 6) is 0.978. The molecule has 2 heterocycles. The quantitative estimate of drug-likeness (QED) is 0.335. The molecule has 4 heteroatoms. The van der Waals surface area contributed by atoms with E-state index < -0.39 is 0 Å². The van der Waals surface area contributed by atoms with Crippen LogP contribution in [0.25, 0.3) is 5.70 Å². The van der Waals surface area contributed by atoms with E-state index in [4.69, 9.17) is 9.19 Å². The van der Waals surface area contributed by atoms with Crippen molar-refractivity contribution in [2.45, 2.75) is 82.1 Å². The average molecular weight is 594 g/mol. The van der Waals surface area contributed by atoms with Gasteiger partial charge in [0.25, 0.3) is 0 Å². The first-order chi connectivity index (χ1) is 14.0. The van der Waals surface area contributed by atoms with Crippen molar-refractivity contribution in [1.82, 2.24) is 9.80 Å². The Morgan fingerprint density at radius 2 is 1.66 bits per heavy atom. The van der Waals surface area contributed by atoms with Gasteiger partial charge in [0.05, 0.1) is 0 Å². The van der Waals surface area contributed by atoms with Gasteiger partial charge in [-0.3, -0.25) is 0 Å². The molecule has 0 bridgehead atoms. The van der Waals surface area contributed by atoms with Gasteiger partial charge >= 0.3 is 190 Å². The Kier molecular flexibility index (Phi) is 6.65. The molecule has 2 nitrogen and oxygen atoms in total. The maximum absolute atomic E-state index is 6.73. The summed E-state index contributed by atoms with van der Waals surface area (Å²) in [4.78, 5) is 5.16. The second kappa shape index (κ2) is 9.06. The number of benzene rings is 1. The maximum atomic E-state index is 6.73. The first kappa shape index (κ1) is 21.3. The van der Waals surface area contributed by atoms with Gasteiger partial charge in [-0.2, -0.15) is 0 Å². The molecule has 1 aromatic carbocycles. The molecule has 1 fully saturated rings. The zero-order chi connectivity index (χ0) is 20.5. The Hall–Kier alpha value is -0.930. The van der Waals surface area contributed by atoms with Crippen LogP contribution in [0.4, 0.5) is 0 Å². The average Bonchev–Trinajstić information content (AvgIpc) is 3.12. The second-order valence-corrected chi connectivity index (χ2v) is 11.7. The van der Waals surface area contributed by atoms with Crippen LogP contribution in [-0.4, -0.2) is 20.2 Å². The molecule has 1 saturated carbocycles. The van der Waals surface area contributed by atoms with E-state index in [1.165, 1.54) is 60.2 Å². The molecular formula is C25H33AuClN2-. The molecule has 0 aromatic heterocycles. The van der Waals surface area contributed by atoms with E-state index in [2.05, 4.69) is 80.1 Å². The number of hydrogen-bond acceptors (Lipinski definition) is 2. The zero-order valence-corrected chi connectivity index (χ0v) is 20.9. The summed E-state index contributed by atoms with van der Waals surface area (Å²) >= 11 is -0.355. The second-order valence-electron chi connectivity index (χ2n) is 9.03. The molecule has 1 atom stereocenters. The van der Waals surface area contributed by atoms with Gasteiger partial charge in [-0.05, 0) is 0 Å². The van der Waals surface area contributed by atoms with Gasteiger partial charge < -0.3 is 0 Å². The standard InChI is InChI=1S/C25H33N2.Au.ClH/c1-18(2)22-13-9-14-23(19(3)4)25(22)24-15-8-12-21-16-26(17-27(21)24)20-10-6-5-7-11-20;;/h8-9,12-20H,5-7,10-11H2,1-4H3;;1H/p-1. The van der Waals surface area contributed by atoms with E-state index >= 15 is 0 Å². The predicted octanol–water partition coefficient (Wildman–Crippen LogP) is 7.16. The molecule has 0 N–H and O–H groups in total. The normalized spacial score (nSPS) is 22.5. The van der Waals surface area contributed by atoms with Gasteiger partial charge in [0.1, 0.15) is 0 Å². The van der Waals surface area contributed by atoms with Crippen LogP contribution in [-0.2, 0) is 18.7 Å².